The first-order valence-electron chi connectivity index (χ1n) is 7.42. The maximum Gasteiger partial charge on any atom is 0.258 e. The summed E-state index contributed by atoms with van der Waals surface area (Å²) in [5.74, 6) is 1.24. The summed E-state index contributed by atoms with van der Waals surface area (Å²) in [4.78, 5) is 16.8. The number of anilines is 1. The third kappa shape index (κ3) is 4.19. The van der Waals surface area contributed by atoms with E-state index in [1.165, 1.54) is 6.07 Å². The van der Waals surface area contributed by atoms with Crippen LogP contribution in [0.4, 0.5) is 5.95 Å². The minimum Gasteiger partial charge on any atom is -0.317 e. The molecule has 1 amide bonds. The molecule has 0 bridgehead atoms. The van der Waals surface area contributed by atoms with Gasteiger partial charge in [0.1, 0.15) is 0 Å². The van der Waals surface area contributed by atoms with Crippen molar-refractivity contribution in [2.75, 3.05) is 18.4 Å². The van der Waals surface area contributed by atoms with Crippen LogP contribution in [0.1, 0.15) is 34.9 Å². The first kappa shape index (κ1) is 19.0. The quantitative estimate of drug-likeness (QED) is 0.844. The molecule has 1 saturated heterocycles. The lowest BCUT2D eigenvalue weighted by molar-refractivity contribution is 0.102. The van der Waals surface area contributed by atoms with E-state index in [-0.39, 0.29) is 18.3 Å². The van der Waals surface area contributed by atoms with Gasteiger partial charge in [-0.2, -0.15) is 10.1 Å². The van der Waals surface area contributed by atoms with Gasteiger partial charge in [0.25, 0.3) is 5.91 Å². The van der Waals surface area contributed by atoms with Crippen molar-refractivity contribution in [2.45, 2.75) is 18.8 Å². The van der Waals surface area contributed by atoms with E-state index in [9.17, 15) is 4.79 Å². The molecule has 2 aromatic rings. The number of amides is 1. The van der Waals surface area contributed by atoms with Crippen LogP contribution in [0.5, 0.6) is 0 Å². The van der Waals surface area contributed by atoms with E-state index in [1.54, 1.807) is 23.9 Å². The highest BCUT2D eigenvalue weighted by molar-refractivity contribution is 6.42. The lowest BCUT2D eigenvalue weighted by Gasteiger charge is -2.19. The molecule has 1 fully saturated rings. The summed E-state index contributed by atoms with van der Waals surface area (Å²) in [6.07, 6.45) is 2.01. The summed E-state index contributed by atoms with van der Waals surface area (Å²) in [5.41, 5.74) is 0.422. The number of nitrogens with one attached hydrogen (secondary N) is 2. The van der Waals surface area contributed by atoms with E-state index in [0.717, 1.165) is 31.8 Å². The Morgan fingerprint density at radius 2 is 2.00 bits per heavy atom. The summed E-state index contributed by atoms with van der Waals surface area (Å²) in [6.45, 7) is 1.93. The molecule has 0 spiro atoms. The second-order valence-corrected chi connectivity index (χ2v) is 6.34. The minimum absolute atomic E-state index is 0. The molecule has 3 rings (SSSR count). The maximum atomic E-state index is 12.3. The van der Waals surface area contributed by atoms with E-state index < -0.39 is 0 Å². The standard InChI is InChI=1S/C15H17Cl2N5O.ClH/c1-22-15(19-13(21-22)9-4-6-18-7-5-9)20-14(23)10-2-3-11(16)12(17)8-10;/h2-3,8-9,18H,4-7H2,1H3,(H,19,20,21,23);1H. The largest absolute Gasteiger partial charge is 0.317 e. The fourth-order valence-corrected chi connectivity index (χ4v) is 2.88. The Morgan fingerprint density at radius 1 is 1.29 bits per heavy atom. The molecule has 130 valence electrons. The summed E-state index contributed by atoms with van der Waals surface area (Å²) < 4.78 is 1.59. The molecule has 1 aromatic heterocycles. The van der Waals surface area contributed by atoms with E-state index in [1.807, 2.05) is 0 Å². The third-order valence-corrected chi connectivity index (χ3v) is 4.63. The number of benzene rings is 1. The predicted octanol–water partition coefficient (Wildman–Crippen LogP) is 3.26. The molecule has 1 aromatic carbocycles. The number of nitrogens with zero attached hydrogens (tertiary/aromatic N) is 3. The molecule has 9 heteroatoms. The average Bonchev–Trinajstić information content (AvgIpc) is 2.92. The van der Waals surface area contributed by atoms with Crippen LogP contribution >= 0.6 is 35.6 Å². The van der Waals surface area contributed by atoms with Crippen molar-refractivity contribution in [3.63, 3.8) is 0 Å². The first-order chi connectivity index (χ1) is 11.0. The Bertz CT molecular complexity index is 728. The zero-order valence-electron chi connectivity index (χ0n) is 13.1. The van der Waals surface area contributed by atoms with Crippen molar-refractivity contribution in [3.8, 4) is 0 Å². The average molecular weight is 391 g/mol. The summed E-state index contributed by atoms with van der Waals surface area (Å²) in [5, 5.41) is 11.3. The van der Waals surface area contributed by atoms with Gasteiger partial charge in [-0.1, -0.05) is 23.2 Å². The fourth-order valence-electron chi connectivity index (χ4n) is 2.58. The number of hydrogen-bond acceptors (Lipinski definition) is 4. The van der Waals surface area contributed by atoms with Gasteiger partial charge < -0.3 is 5.32 Å². The second-order valence-electron chi connectivity index (χ2n) is 5.52. The predicted molar refractivity (Wildman–Crippen MR) is 97.5 cm³/mol. The molecule has 0 aliphatic carbocycles. The van der Waals surface area contributed by atoms with Crippen molar-refractivity contribution in [1.82, 2.24) is 20.1 Å². The van der Waals surface area contributed by atoms with E-state index in [2.05, 4.69) is 20.7 Å². The highest BCUT2D eigenvalue weighted by Crippen LogP contribution is 2.25. The SMILES string of the molecule is Cl.Cn1nc(C2CCNCC2)nc1NC(=O)c1ccc(Cl)c(Cl)c1. The summed E-state index contributed by atoms with van der Waals surface area (Å²) >= 11 is 11.8. The van der Waals surface area contributed by atoms with E-state index in [0.29, 0.717) is 27.5 Å². The van der Waals surface area contributed by atoms with Crippen molar-refractivity contribution in [3.05, 3.63) is 39.6 Å². The van der Waals surface area contributed by atoms with E-state index >= 15 is 0 Å². The van der Waals surface area contributed by atoms with Gasteiger partial charge in [-0.3, -0.25) is 10.1 Å². The molecule has 1 aliphatic heterocycles. The van der Waals surface area contributed by atoms with Crippen LogP contribution in [-0.4, -0.2) is 33.8 Å². The van der Waals surface area contributed by atoms with Crippen molar-refractivity contribution in [2.24, 2.45) is 7.05 Å². The second kappa shape index (κ2) is 8.16. The molecule has 0 unspecified atom stereocenters. The van der Waals surface area contributed by atoms with Crippen LogP contribution in [0.3, 0.4) is 0 Å². The van der Waals surface area contributed by atoms with Crippen LogP contribution in [0, 0.1) is 0 Å². The number of aromatic nitrogens is 3. The number of halogens is 3. The van der Waals surface area contributed by atoms with Gasteiger partial charge in [0.2, 0.25) is 5.95 Å². The summed E-state index contributed by atoms with van der Waals surface area (Å²) in [7, 11) is 1.77. The fraction of sp³-hybridized carbons (Fsp3) is 0.400. The molecule has 6 nitrogen and oxygen atoms in total. The van der Waals surface area contributed by atoms with Crippen LogP contribution < -0.4 is 10.6 Å². The molecule has 1 aliphatic rings. The minimum atomic E-state index is -0.295. The Balaban J connectivity index is 0.00000208. The zero-order chi connectivity index (χ0) is 16.4. The molecular formula is C15H18Cl3N5O. The van der Waals surface area contributed by atoms with Gasteiger partial charge in [-0.25, -0.2) is 4.68 Å². The highest BCUT2D eigenvalue weighted by atomic mass is 35.5. The van der Waals surface area contributed by atoms with Gasteiger partial charge in [0, 0.05) is 18.5 Å². The highest BCUT2D eigenvalue weighted by Gasteiger charge is 2.21. The molecule has 0 saturated carbocycles. The van der Waals surface area contributed by atoms with Gasteiger partial charge in [-0.05, 0) is 44.1 Å². The molecular weight excluding hydrogens is 373 g/mol. The van der Waals surface area contributed by atoms with Gasteiger partial charge in [0.15, 0.2) is 5.82 Å². The van der Waals surface area contributed by atoms with Crippen LogP contribution in [0.25, 0.3) is 0 Å². The van der Waals surface area contributed by atoms with E-state index in [4.69, 9.17) is 23.2 Å². The van der Waals surface area contributed by atoms with Crippen molar-refractivity contribution >= 4 is 47.5 Å². The Kier molecular flexibility index (Phi) is 6.46. The maximum absolute atomic E-state index is 12.3. The first-order valence-corrected chi connectivity index (χ1v) is 8.18. The number of carbonyl (C=O) groups is 1. The van der Waals surface area contributed by atoms with Crippen LogP contribution in [0.15, 0.2) is 18.2 Å². The Hall–Kier alpha value is -1.34. The van der Waals surface area contributed by atoms with Gasteiger partial charge in [0.05, 0.1) is 10.0 Å². The number of piperidine rings is 1. The van der Waals surface area contributed by atoms with Gasteiger partial charge in [-0.15, -0.1) is 12.4 Å². The number of rotatable bonds is 3. The lowest BCUT2D eigenvalue weighted by atomic mass is 9.98. The monoisotopic (exact) mass is 389 g/mol. The lowest BCUT2D eigenvalue weighted by Crippen LogP contribution is -2.27. The number of hydrogen-bond donors (Lipinski definition) is 2. The smallest absolute Gasteiger partial charge is 0.258 e. The molecule has 0 radical (unpaired) electrons. The Labute approximate surface area is 156 Å². The van der Waals surface area contributed by atoms with Crippen LogP contribution in [-0.2, 0) is 7.05 Å². The topological polar surface area (TPSA) is 71.8 Å². The molecule has 0 atom stereocenters. The van der Waals surface area contributed by atoms with Gasteiger partial charge >= 0.3 is 0 Å². The molecule has 2 N–H and O–H groups in total. The summed E-state index contributed by atoms with van der Waals surface area (Å²) in [6, 6.07) is 4.74. The van der Waals surface area contributed by atoms with Crippen molar-refractivity contribution in [1.29, 1.82) is 0 Å². The number of aryl methyl sites for hydroxylation is 1. The zero-order valence-corrected chi connectivity index (χ0v) is 15.4. The third-order valence-electron chi connectivity index (χ3n) is 3.89. The van der Waals surface area contributed by atoms with Crippen LogP contribution in [0.2, 0.25) is 10.0 Å². The normalized spacial score (nSPS) is 15.0. The number of carbonyl (C=O) groups excluding carboxylic acids is 1. The molecule has 24 heavy (non-hydrogen) atoms. The Morgan fingerprint density at radius 3 is 2.67 bits per heavy atom. The van der Waals surface area contributed by atoms with Crippen molar-refractivity contribution < 1.29 is 4.79 Å². The molecule has 2 heterocycles.